The van der Waals surface area contributed by atoms with Crippen molar-refractivity contribution >= 4 is 10.9 Å². The largest absolute Gasteiger partial charge is 0.385 e. The van der Waals surface area contributed by atoms with E-state index in [1.807, 2.05) is 0 Å². The molecular weight excluding hydrogens is 344 g/mol. The van der Waals surface area contributed by atoms with E-state index in [0.717, 1.165) is 25.2 Å². The number of aliphatic hydroxyl groups excluding tert-OH is 1. The van der Waals surface area contributed by atoms with Crippen LogP contribution in [0.1, 0.15) is 75.5 Å². The molecule has 3 heteroatoms. The molecule has 1 heterocycles. The molecule has 1 aromatic carbocycles. The molecule has 0 bridgehead atoms. The lowest BCUT2D eigenvalue weighted by Gasteiger charge is -2.39. The molecule has 3 nitrogen and oxygen atoms in total. The number of hydrogen-bond acceptors (Lipinski definition) is 1. The van der Waals surface area contributed by atoms with Crippen molar-refractivity contribution in [2.24, 2.45) is 0 Å². The Balaban J connectivity index is 1.51. The molecular formula is C25H39N2O+. The average molecular weight is 384 g/mol. The number of aryl methyl sites for hydroxylation is 1. The van der Waals surface area contributed by atoms with E-state index in [9.17, 15) is 5.11 Å². The van der Waals surface area contributed by atoms with Gasteiger partial charge in [-0.15, -0.1) is 0 Å². The number of rotatable bonds is 6. The van der Waals surface area contributed by atoms with Crippen LogP contribution in [0.3, 0.4) is 0 Å². The van der Waals surface area contributed by atoms with Crippen molar-refractivity contribution in [2.75, 3.05) is 6.54 Å². The predicted molar refractivity (Wildman–Crippen MR) is 117 cm³/mol. The maximum absolute atomic E-state index is 11.2. The normalized spacial score (nSPS) is 20.9. The van der Waals surface area contributed by atoms with Gasteiger partial charge in [0.1, 0.15) is 12.6 Å². The molecule has 0 spiro atoms. The lowest BCUT2D eigenvalue weighted by Crippen LogP contribution is -3.20. The summed E-state index contributed by atoms with van der Waals surface area (Å²) in [5, 5.41) is 12.5. The second kappa shape index (κ2) is 9.00. The van der Waals surface area contributed by atoms with Crippen LogP contribution in [0.2, 0.25) is 0 Å². The summed E-state index contributed by atoms with van der Waals surface area (Å²) >= 11 is 0. The van der Waals surface area contributed by atoms with Gasteiger partial charge in [-0.1, -0.05) is 31.0 Å². The highest BCUT2D eigenvalue weighted by molar-refractivity contribution is 5.85. The topological polar surface area (TPSA) is 29.6 Å². The summed E-state index contributed by atoms with van der Waals surface area (Å²) in [5.74, 6) is 0. The zero-order chi connectivity index (χ0) is 19.5. The predicted octanol–water partition coefficient (Wildman–Crippen LogP) is 4.17. The van der Waals surface area contributed by atoms with Gasteiger partial charge in [-0.2, -0.15) is 0 Å². The average Bonchev–Trinajstić information content (AvgIpc) is 2.98. The maximum Gasteiger partial charge on any atom is 0.121 e. The van der Waals surface area contributed by atoms with Crippen molar-refractivity contribution in [1.29, 1.82) is 0 Å². The van der Waals surface area contributed by atoms with Crippen LogP contribution in [-0.4, -0.2) is 34.4 Å². The fraction of sp³-hybridized carbons (Fsp3) is 0.680. The fourth-order valence-electron chi connectivity index (χ4n) is 6.00. The molecule has 2 fully saturated rings. The third kappa shape index (κ3) is 4.16. The number of aromatic nitrogens is 1. The highest BCUT2D eigenvalue weighted by Gasteiger charge is 2.34. The van der Waals surface area contributed by atoms with Gasteiger partial charge in [0.2, 0.25) is 0 Å². The Kier molecular flexibility index (Phi) is 6.42. The minimum absolute atomic E-state index is 0.271. The van der Waals surface area contributed by atoms with Crippen molar-refractivity contribution in [1.82, 2.24) is 4.57 Å². The summed E-state index contributed by atoms with van der Waals surface area (Å²) in [6, 6.07) is 10.2. The first kappa shape index (κ1) is 20.0. The van der Waals surface area contributed by atoms with Crippen LogP contribution in [-0.2, 0) is 6.54 Å². The van der Waals surface area contributed by atoms with Crippen LogP contribution in [0, 0.1) is 13.8 Å². The van der Waals surface area contributed by atoms with E-state index in [2.05, 4.69) is 42.7 Å². The van der Waals surface area contributed by atoms with Gasteiger partial charge in [-0.25, -0.2) is 0 Å². The third-order valence-electron chi connectivity index (χ3n) is 7.67. The number of para-hydroxylation sites is 1. The molecule has 0 aliphatic heterocycles. The third-order valence-corrected chi connectivity index (χ3v) is 7.67. The smallest absolute Gasteiger partial charge is 0.121 e. The summed E-state index contributed by atoms with van der Waals surface area (Å²) in [7, 11) is 0. The molecule has 1 atom stereocenters. The number of aliphatic hydroxyl groups is 1. The highest BCUT2D eigenvalue weighted by atomic mass is 16.3. The standard InChI is InChI=1S/C25H38N2O/c1-19-20(2)26(25-16-10-9-15-24(19)25)17-23(28)18-27(21-11-5-3-6-12-21)22-13-7-4-8-14-22/h9-10,15-16,21-23,28H,3-8,11-14,17-18H2,1-2H3/p+1/t23-/m0/s1. The quantitative estimate of drug-likeness (QED) is 0.770. The van der Waals surface area contributed by atoms with E-state index < -0.39 is 0 Å². The zero-order valence-electron chi connectivity index (χ0n) is 17.9. The van der Waals surface area contributed by atoms with Gasteiger partial charge >= 0.3 is 0 Å². The van der Waals surface area contributed by atoms with Crippen LogP contribution < -0.4 is 4.90 Å². The summed E-state index contributed by atoms with van der Waals surface area (Å²) < 4.78 is 2.36. The van der Waals surface area contributed by atoms with Crippen molar-refractivity contribution in [3.05, 3.63) is 35.5 Å². The summed E-state index contributed by atoms with van der Waals surface area (Å²) in [6.07, 6.45) is 13.5. The van der Waals surface area contributed by atoms with Crippen molar-refractivity contribution < 1.29 is 10.0 Å². The second-order valence-corrected chi connectivity index (χ2v) is 9.44. The van der Waals surface area contributed by atoms with E-state index in [0.29, 0.717) is 0 Å². The van der Waals surface area contributed by atoms with Crippen molar-refractivity contribution in [2.45, 2.75) is 103 Å². The Morgan fingerprint density at radius 3 is 2.11 bits per heavy atom. The highest BCUT2D eigenvalue weighted by Crippen LogP contribution is 2.25. The number of fused-ring (bicyclic) bond motifs is 1. The number of hydrogen-bond donors (Lipinski definition) is 2. The lowest BCUT2D eigenvalue weighted by atomic mass is 9.88. The molecule has 0 amide bonds. The first-order valence-corrected chi connectivity index (χ1v) is 11.7. The molecule has 4 rings (SSSR count). The summed E-state index contributed by atoms with van der Waals surface area (Å²) in [6.45, 7) is 6.06. The van der Waals surface area contributed by atoms with E-state index in [-0.39, 0.29) is 6.10 Å². The molecule has 2 N–H and O–H groups in total. The lowest BCUT2D eigenvalue weighted by molar-refractivity contribution is -0.955. The Hall–Kier alpha value is -1.32. The number of nitrogens with zero attached hydrogens (tertiary/aromatic N) is 1. The summed E-state index contributed by atoms with van der Waals surface area (Å²) in [4.78, 5) is 1.73. The Labute approximate surface area is 170 Å². The van der Waals surface area contributed by atoms with Gasteiger partial charge in [0.25, 0.3) is 0 Å². The van der Waals surface area contributed by atoms with Crippen LogP contribution in [0.25, 0.3) is 10.9 Å². The second-order valence-electron chi connectivity index (χ2n) is 9.44. The monoisotopic (exact) mass is 383 g/mol. The molecule has 2 aromatic rings. The molecule has 2 aliphatic carbocycles. The van der Waals surface area contributed by atoms with E-state index >= 15 is 0 Å². The summed E-state index contributed by atoms with van der Waals surface area (Å²) in [5.41, 5.74) is 3.93. The maximum atomic E-state index is 11.2. The first-order valence-electron chi connectivity index (χ1n) is 11.7. The molecule has 2 saturated carbocycles. The van der Waals surface area contributed by atoms with Crippen LogP contribution in [0.5, 0.6) is 0 Å². The van der Waals surface area contributed by atoms with Crippen molar-refractivity contribution in [3.63, 3.8) is 0 Å². The van der Waals surface area contributed by atoms with Gasteiger partial charge in [-0.3, -0.25) is 0 Å². The minimum Gasteiger partial charge on any atom is -0.385 e. The molecule has 0 saturated heterocycles. The molecule has 0 radical (unpaired) electrons. The Bertz CT molecular complexity index is 750. The SMILES string of the molecule is Cc1c(C)n(C[C@H](O)C[NH+](C2CCCCC2)C2CCCCC2)c2ccccc12. The molecule has 28 heavy (non-hydrogen) atoms. The van der Waals surface area contributed by atoms with E-state index in [4.69, 9.17) is 0 Å². The number of nitrogens with one attached hydrogen (secondary N) is 1. The number of benzene rings is 1. The van der Waals surface area contributed by atoms with Crippen molar-refractivity contribution in [3.8, 4) is 0 Å². The minimum atomic E-state index is -0.271. The first-order chi connectivity index (χ1) is 13.6. The molecule has 1 aromatic heterocycles. The van der Waals surface area contributed by atoms with Crippen LogP contribution in [0.15, 0.2) is 24.3 Å². The van der Waals surface area contributed by atoms with Gasteiger partial charge in [0.15, 0.2) is 0 Å². The van der Waals surface area contributed by atoms with Gasteiger partial charge in [-0.05, 0) is 76.8 Å². The van der Waals surface area contributed by atoms with E-state index in [1.54, 1.807) is 4.90 Å². The molecule has 154 valence electrons. The molecule has 2 aliphatic rings. The van der Waals surface area contributed by atoms with E-state index in [1.165, 1.54) is 86.4 Å². The number of quaternary nitrogens is 1. The van der Waals surface area contributed by atoms with Gasteiger partial charge in [0.05, 0.1) is 18.6 Å². The Morgan fingerprint density at radius 1 is 0.929 bits per heavy atom. The van der Waals surface area contributed by atoms with Crippen LogP contribution >= 0.6 is 0 Å². The van der Waals surface area contributed by atoms with Gasteiger partial charge < -0.3 is 14.6 Å². The van der Waals surface area contributed by atoms with Crippen LogP contribution in [0.4, 0.5) is 0 Å². The zero-order valence-corrected chi connectivity index (χ0v) is 17.9. The Morgan fingerprint density at radius 2 is 1.50 bits per heavy atom. The van der Waals surface area contributed by atoms with Gasteiger partial charge in [0, 0.05) is 16.6 Å². The molecule has 0 unspecified atom stereocenters. The fourth-order valence-corrected chi connectivity index (χ4v) is 6.00.